The van der Waals surface area contributed by atoms with Crippen LogP contribution in [-0.4, -0.2) is 17.7 Å². The highest BCUT2D eigenvalue weighted by Gasteiger charge is 2.24. The number of allylic oxidation sites excluding steroid dienone is 1. The number of nitrogens with zero attached hydrogens (tertiary/aromatic N) is 2. The molecule has 1 amide bonds. The number of guanidine groups is 1. The van der Waals surface area contributed by atoms with E-state index in [0.717, 1.165) is 0 Å². The molecule has 0 radical (unpaired) electrons. The zero-order chi connectivity index (χ0) is 9.14. The number of hydrogen-bond acceptors (Lipinski definition) is 4. The van der Waals surface area contributed by atoms with Crippen molar-refractivity contribution in [3.8, 4) is 0 Å². The summed E-state index contributed by atoms with van der Waals surface area (Å²) in [5.41, 5.74) is 10.7. The van der Waals surface area contributed by atoms with Gasteiger partial charge in [-0.05, 0) is 6.42 Å². The highest BCUT2D eigenvalue weighted by Crippen LogP contribution is 2.10. The number of amides is 1. The lowest BCUT2D eigenvalue weighted by molar-refractivity contribution is -0.119. The molecule has 0 fully saturated rings. The van der Waals surface area contributed by atoms with Gasteiger partial charge >= 0.3 is 0 Å². The Morgan fingerprint density at radius 3 is 2.67 bits per heavy atom. The molecule has 1 aliphatic rings. The van der Waals surface area contributed by atoms with Crippen molar-refractivity contribution in [3.63, 3.8) is 0 Å². The number of rotatable bonds is 2. The monoisotopic (exact) mass is 166 g/mol. The zero-order valence-corrected chi connectivity index (χ0v) is 6.53. The number of aliphatic imine (C=N–C) groups is 2. The van der Waals surface area contributed by atoms with Gasteiger partial charge in [0.05, 0.1) is 0 Å². The molecular weight excluding hydrogens is 156 g/mol. The summed E-state index contributed by atoms with van der Waals surface area (Å²) in [4.78, 5) is 18.3. The first-order chi connectivity index (χ1) is 5.65. The maximum absolute atomic E-state index is 11.1. The van der Waals surface area contributed by atoms with Crippen LogP contribution in [0.5, 0.6) is 0 Å². The first kappa shape index (κ1) is 8.45. The van der Waals surface area contributed by atoms with E-state index in [1.165, 1.54) is 0 Å². The lowest BCUT2D eigenvalue weighted by Crippen LogP contribution is -2.36. The van der Waals surface area contributed by atoms with Crippen LogP contribution in [0.4, 0.5) is 0 Å². The number of nitrogens with two attached hydrogens (primary N) is 2. The Hall–Kier alpha value is -1.65. The fourth-order valence-electron chi connectivity index (χ4n) is 0.941. The number of carbonyl (C=O) groups excluding carboxylic acids is 1. The van der Waals surface area contributed by atoms with Gasteiger partial charge in [0.15, 0.2) is 0 Å². The summed E-state index contributed by atoms with van der Waals surface area (Å²) in [5.74, 6) is -0.681. The van der Waals surface area contributed by atoms with Crippen molar-refractivity contribution in [2.45, 2.75) is 6.42 Å². The third kappa shape index (κ3) is 1.50. The molecule has 64 valence electrons. The molecule has 1 atom stereocenters. The summed E-state index contributed by atoms with van der Waals surface area (Å²) in [6.07, 6.45) is 2.05. The van der Waals surface area contributed by atoms with Crippen molar-refractivity contribution in [1.29, 1.82) is 0 Å². The molecular formula is C7H10N4O. The minimum absolute atomic E-state index is 0.0715. The Morgan fingerprint density at radius 2 is 2.17 bits per heavy atom. The van der Waals surface area contributed by atoms with Gasteiger partial charge in [-0.25, -0.2) is 0 Å². The molecule has 5 nitrogen and oxygen atoms in total. The minimum Gasteiger partial charge on any atom is -0.386 e. The van der Waals surface area contributed by atoms with Gasteiger partial charge in [-0.3, -0.25) is 4.79 Å². The molecule has 4 N–H and O–H groups in total. The molecule has 12 heavy (non-hydrogen) atoms. The van der Waals surface area contributed by atoms with Gasteiger partial charge in [-0.1, -0.05) is 6.08 Å². The topological polar surface area (TPSA) is 93.8 Å². The van der Waals surface area contributed by atoms with Gasteiger partial charge in [0.2, 0.25) is 5.96 Å². The van der Waals surface area contributed by atoms with Crippen LogP contribution >= 0.6 is 0 Å². The van der Waals surface area contributed by atoms with Crippen molar-refractivity contribution < 1.29 is 4.79 Å². The first-order valence-corrected chi connectivity index (χ1v) is 3.48. The minimum atomic E-state index is -0.477. The SMILES string of the molecule is C=CCC1C(=O)N=C(N)N=C1N. The van der Waals surface area contributed by atoms with E-state index >= 15 is 0 Å². The van der Waals surface area contributed by atoms with E-state index in [2.05, 4.69) is 16.6 Å². The largest absolute Gasteiger partial charge is 0.386 e. The van der Waals surface area contributed by atoms with Gasteiger partial charge in [-0.2, -0.15) is 9.98 Å². The zero-order valence-electron chi connectivity index (χ0n) is 6.53. The highest BCUT2D eigenvalue weighted by molar-refractivity contribution is 6.13. The normalized spacial score (nSPS) is 23.0. The summed E-state index contributed by atoms with van der Waals surface area (Å²) >= 11 is 0. The smallest absolute Gasteiger partial charge is 0.259 e. The molecule has 1 rings (SSSR count). The van der Waals surface area contributed by atoms with Crippen molar-refractivity contribution in [3.05, 3.63) is 12.7 Å². The molecule has 1 unspecified atom stereocenters. The molecule has 0 aromatic heterocycles. The van der Waals surface area contributed by atoms with Crippen LogP contribution in [0.1, 0.15) is 6.42 Å². The molecule has 0 bridgehead atoms. The number of carbonyl (C=O) groups is 1. The molecule has 1 aliphatic heterocycles. The third-order valence-corrected chi connectivity index (χ3v) is 1.53. The quantitative estimate of drug-likeness (QED) is 0.536. The maximum Gasteiger partial charge on any atom is 0.259 e. The molecule has 0 saturated carbocycles. The molecule has 1 heterocycles. The highest BCUT2D eigenvalue weighted by atomic mass is 16.1. The van der Waals surface area contributed by atoms with Crippen LogP contribution < -0.4 is 11.5 Å². The molecule has 0 spiro atoms. The fourth-order valence-corrected chi connectivity index (χ4v) is 0.941. The summed E-state index contributed by atoms with van der Waals surface area (Å²) in [6.45, 7) is 3.50. The lowest BCUT2D eigenvalue weighted by Gasteiger charge is -2.13. The Bertz CT molecular complexity index is 279. The number of amidine groups is 1. The maximum atomic E-state index is 11.1. The van der Waals surface area contributed by atoms with Gasteiger partial charge in [0.1, 0.15) is 11.8 Å². The Kier molecular flexibility index (Phi) is 2.23. The van der Waals surface area contributed by atoms with E-state index < -0.39 is 5.92 Å². The molecule has 0 aromatic carbocycles. The van der Waals surface area contributed by atoms with Crippen LogP contribution in [0.25, 0.3) is 0 Å². The van der Waals surface area contributed by atoms with Crippen molar-refractivity contribution >= 4 is 17.7 Å². The van der Waals surface area contributed by atoms with Crippen molar-refractivity contribution in [2.75, 3.05) is 0 Å². The Labute approximate surface area is 69.9 Å². The average molecular weight is 166 g/mol. The Balaban J connectivity index is 2.86. The molecule has 5 heteroatoms. The number of hydrogen-bond donors (Lipinski definition) is 2. The van der Waals surface area contributed by atoms with Gasteiger partial charge in [0.25, 0.3) is 5.91 Å². The van der Waals surface area contributed by atoms with Crippen LogP contribution in [-0.2, 0) is 4.79 Å². The van der Waals surface area contributed by atoms with Crippen molar-refractivity contribution in [2.24, 2.45) is 27.4 Å². The van der Waals surface area contributed by atoms with Crippen LogP contribution in [0, 0.1) is 5.92 Å². The fraction of sp³-hybridized carbons (Fsp3) is 0.286. The van der Waals surface area contributed by atoms with E-state index in [1.807, 2.05) is 0 Å². The van der Waals surface area contributed by atoms with Gasteiger partial charge in [-0.15, -0.1) is 6.58 Å². The predicted octanol–water partition coefficient (Wildman–Crippen LogP) is -0.609. The summed E-state index contributed by atoms with van der Waals surface area (Å²) < 4.78 is 0. The lowest BCUT2D eigenvalue weighted by atomic mass is 10.0. The van der Waals surface area contributed by atoms with Crippen LogP contribution in [0.15, 0.2) is 22.6 Å². The van der Waals surface area contributed by atoms with E-state index in [-0.39, 0.29) is 17.7 Å². The average Bonchev–Trinajstić information content (AvgIpc) is 1.96. The second kappa shape index (κ2) is 3.17. The van der Waals surface area contributed by atoms with Gasteiger partial charge < -0.3 is 11.5 Å². The molecule has 0 aromatic rings. The summed E-state index contributed by atoms with van der Waals surface area (Å²) in [6, 6.07) is 0. The molecule has 0 saturated heterocycles. The Morgan fingerprint density at radius 1 is 1.50 bits per heavy atom. The van der Waals surface area contributed by atoms with Crippen LogP contribution in [0.2, 0.25) is 0 Å². The van der Waals surface area contributed by atoms with E-state index in [4.69, 9.17) is 11.5 Å². The summed E-state index contributed by atoms with van der Waals surface area (Å²) in [7, 11) is 0. The van der Waals surface area contributed by atoms with Crippen LogP contribution in [0.3, 0.4) is 0 Å². The molecule has 0 aliphatic carbocycles. The third-order valence-electron chi connectivity index (χ3n) is 1.53. The van der Waals surface area contributed by atoms with Gasteiger partial charge in [0, 0.05) is 0 Å². The second-order valence-corrected chi connectivity index (χ2v) is 2.42. The van der Waals surface area contributed by atoms with E-state index in [9.17, 15) is 4.79 Å². The van der Waals surface area contributed by atoms with E-state index in [0.29, 0.717) is 6.42 Å². The first-order valence-electron chi connectivity index (χ1n) is 3.48. The van der Waals surface area contributed by atoms with Crippen molar-refractivity contribution in [1.82, 2.24) is 0 Å². The standard InChI is InChI=1S/C7H10N4O/c1-2-3-4-5(8)10-7(9)11-6(4)12/h2,4H,1,3H2,(H4,8,9,10,11,12). The summed E-state index contributed by atoms with van der Waals surface area (Å²) in [5, 5.41) is 0. The predicted molar refractivity (Wildman–Crippen MR) is 46.6 cm³/mol. The second-order valence-electron chi connectivity index (χ2n) is 2.42. The van der Waals surface area contributed by atoms with E-state index in [1.54, 1.807) is 6.08 Å².